The van der Waals surface area contributed by atoms with Crippen molar-refractivity contribution in [3.05, 3.63) is 35.4 Å². The third-order valence-corrected chi connectivity index (χ3v) is 3.78. The van der Waals surface area contributed by atoms with Crippen molar-refractivity contribution in [2.24, 2.45) is 5.92 Å². The molecule has 20 heavy (non-hydrogen) atoms. The zero-order chi connectivity index (χ0) is 14.4. The summed E-state index contributed by atoms with van der Waals surface area (Å²) in [5.74, 6) is 0.712. The third kappa shape index (κ3) is 3.81. The van der Waals surface area contributed by atoms with Crippen molar-refractivity contribution >= 4 is 5.91 Å². The molecule has 1 atom stereocenters. The third-order valence-electron chi connectivity index (χ3n) is 3.78. The molecule has 0 aliphatic carbocycles. The van der Waals surface area contributed by atoms with E-state index in [4.69, 9.17) is 4.74 Å². The van der Waals surface area contributed by atoms with Crippen molar-refractivity contribution in [2.75, 3.05) is 33.8 Å². The molecule has 1 fully saturated rings. The van der Waals surface area contributed by atoms with E-state index in [1.54, 1.807) is 7.11 Å². The average Bonchev–Trinajstić information content (AvgIpc) is 2.48. The zero-order valence-electron chi connectivity index (χ0n) is 12.4. The molecule has 2 rings (SSSR count). The first-order valence-electron chi connectivity index (χ1n) is 7.26. The van der Waals surface area contributed by atoms with Gasteiger partial charge < -0.3 is 15.0 Å². The molecule has 4 heteroatoms. The van der Waals surface area contributed by atoms with E-state index in [1.807, 2.05) is 36.2 Å². The summed E-state index contributed by atoms with van der Waals surface area (Å²) in [6.07, 6.45) is 2.30. The molecule has 1 aromatic carbocycles. The van der Waals surface area contributed by atoms with Gasteiger partial charge in [-0.2, -0.15) is 0 Å². The highest BCUT2D eigenvalue weighted by molar-refractivity contribution is 5.94. The normalized spacial score (nSPS) is 19.1. The Morgan fingerprint density at radius 2 is 2.35 bits per heavy atom. The molecular formula is C16H24N2O2. The lowest BCUT2D eigenvalue weighted by Crippen LogP contribution is -2.42. The summed E-state index contributed by atoms with van der Waals surface area (Å²) in [7, 11) is 3.64. The molecule has 0 saturated carbocycles. The Kier molecular flexibility index (Phi) is 5.56. The maximum Gasteiger partial charge on any atom is 0.253 e. The molecule has 1 amide bonds. The lowest BCUT2D eigenvalue weighted by molar-refractivity contribution is 0.0674. The quantitative estimate of drug-likeness (QED) is 0.893. The standard InChI is InChI=1S/C16H24N2O2/c1-17-10-14-6-4-8-18(11-14)16(19)15-7-3-5-13(9-15)12-20-2/h3,5,7,9,14,17H,4,6,8,10-12H2,1-2H3. The number of ether oxygens (including phenoxy) is 1. The molecule has 0 aromatic heterocycles. The number of carbonyl (C=O) groups excluding carboxylic acids is 1. The molecule has 1 aromatic rings. The number of amides is 1. The summed E-state index contributed by atoms with van der Waals surface area (Å²) in [5, 5.41) is 3.21. The number of piperidine rings is 1. The maximum absolute atomic E-state index is 12.6. The zero-order valence-corrected chi connectivity index (χ0v) is 12.4. The van der Waals surface area contributed by atoms with Crippen LogP contribution in [-0.4, -0.2) is 44.6 Å². The number of nitrogens with zero attached hydrogens (tertiary/aromatic N) is 1. The minimum atomic E-state index is 0.142. The van der Waals surface area contributed by atoms with Crippen LogP contribution in [-0.2, 0) is 11.3 Å². The first-order valence-corrected chi connectivity index (χ1v) is 7.26. The Morgan fingerprint density at radius 1 is 1.50 bits per heavy atom. The van der Waals surface area contributed by atoms with E-state index in [0.29, 0.717) is 12.5 Å². The van der Waals surface area contributed by atoms with E-state index in [2.05, 4.69) is 5.32 Å². The summed E-state index contributed by atoms with van der Waals surface area (Å²) in [6.45, 7) is 3.25. The van der Waals surface area contributed by atoms with Gasteiger partial charge in [0, 0.05) is 25.8 Å². The number of nitrogens with one attached hydrogen (secondary N) is 1. The second-order valence-corrected chi connectivity index (χ2v) is 5.45. The molecule has 0 radical (unpaired) electrons. The lowest BCUT2D eigenvalue weighted by atomic mass is 9.97. The fourth-order valence-electron chi connectivity index (χ4n) is 2.85. The Balaban J connectivity index is 2.04. The molecule has 1 heterocycles. The van der Waals surface area contributed by atoms with E-state index in [-0.39, 0.29) is 5.91 Å². The van der Waals surface area contributed by atoms with Gasteiger partial charge in [0.05, 0.1) is 6.61 Å². The fraction of sp³-hybridized carbons (Fsp3) is 0.562. The number of hydrogen-bond acceptors (Lipinski definition) is 3. The maximum atomic E-state index is 12.6. The molecule has 4 nitrogen and oxygen atoms in total. The summed E-state index contributed by atoms with van der Waals surface area (Å²) < 4.78 is 5.12. The van der Waals surface area contributed by atoms with Crippen molar-refractivity contribution in [2.45, 2.75) is 19.4 Å². The van der Waals surface area contributed by atoms with Gasteiger partial charge >= 0.3 is 0 Å². The lowest BCUT2D eigenvalue weighted by Gasteiger charge is -2.32. The van der Waals surface area contributed by atoms with Crippen LogP contribution >= 0.6 is 0 Å². The average molecular weight is 276 g/mol. The molecule has 1 saturated heterocycles. The predicted octanol–water partition coefficient (Wildman–Crippen LogP) is 1.90. The molecule has 110 valence electrons. The van der Waals surface area contributed by atoms with Crippen molar-refractivity contribution < 1.29 is 9.53 Å². The van der Waals surface area contributed by atoms with E-state index < -0.39 is 0 Å². The first-order chi connectivity index (χ1) is 9.74. The van der Waals surface area contributed by atoms with Crippen LogP contribution in [0.2, 0.25) is 0 Å². The van der Waals surface area contributed by atoms with Crippen LogP contribution in [0.25, 0.3) is 0 Å². The Labute approximate surface area is 121 Å². The van der Waals surface area contributed by atoms with Crippen LogP contribution in [0.4, 0.5) is 0 Å². The highest BCUT2D eigenvalue weighted by atomic mass is 16.5. The summed E-state index contributed by atoms with van der Waals surface area (Å²) in [6, 6.07) is 7.74. The summed E-state index contributed by atoms with van der Waals surface area (Å²) in [5.41, 5.74) is 1.81. The fourth-order valence-corrected chi connectivity index (χ4v) is 2.85. The van der Waals surface area contributed by atoms with Gasteiger partial charge in [-0.15, -0.1) is 0 Å². The van der Waals surface area contributed by atoms with Crippen LogP contribution < -0.4 is 5.32 Å². The Hall–Kier alpha value is -1.39. The number of rotatable bonds is 5. The first kappa shape index (κ1) is 15.0. The molecule has 1 N–H and O–H groups in total. The van der Waals surface area contributed by atoms with Gasteiger partial charge in [-0.25, -0.2) is 0 Å². The minimum Gasteiger partial charge on any atom is -0.380 e. The van der Waals surface area contributed by atoms with Crippen molar-refractivity contribution in [1.82, 2.24) is 10.2 Å². The topological polar surface area (TPSA) is 41.6 Å². The Morgan fingerprint density at radius 3 is 3.10 bits per heavy atom. The SMILES string of the molecule is CNCC1CCCN(C(=O)c2cccc(COC)c2)C1. The molecular weight excluding hydrogens is 252 g/mol. The number of benzene rings is 1. The van der Waals surface area contributed by atoms with E-state index >= 15 is 0 Å². The predicted molar refractivity (Wildman–Crippen MR) is 79.7 cm³/mol. The van der Waals surface area contributed by atoms with Crippen molar-refractivity contribution in [3.8, 4) is 0 Å². The number of hydrogen-bond donors (Lipinski definition) is 1. The van der Waals surface area contributed by atoms with Gasteiger partial charge in [-0.05, 0) is 50.0 Å². The van der Waals surface area contributed by atoms with Gasteiger partial charge in [0.25, 0.3) is 5.91 Å². The number of methoxy groups -OCH3 is 1. The van der Waals surface area contributed by atoms with Gasteiger partial charge in [0.2, 0.25) is 0 Å². The highest BCUT2D eigenvalue weighted by Crippen LogP contribution is 2.18. The molecule has 1 unspecified atom stereocenters. The Bertz CT molecular complexity index is 446. The van der Waals surface area contributed by atoms with E-state index in [9.17, 15) is 4.79 Å². The van der Waals surface area contributed by atoms with Gasteiger partial charge in [-0.1, -0.05) is 12.1 Å². The van der Waals surface area contributed by atoms with Crippen LogP contribution in [0.15, 0.2) is 24.3 Å². The van der Waals surface area contributed by atoms with Crippen molar-refractivity contribution in [1.29, 1.82) is 0 Å². The van der Waals surface area contributed by atoms with E-state index in [1.165, 1.54) is 6.42 Å². The van der Waals surface area contributed by atoms with Crippen LogP contribution in [0, 0.1) is 5.92 Å². The summed E-state index contributed by atoms with van der Waals surface area (Å²) >= 11 is 0. The van der Waals surface area contributed by atoms with Crippen LogP contribution in [0.3, 0.4) is 0 Å². The molecule has 1 aliphatic heterocycles. The van der Waals surface area contributed by atoms with Gasteiger partial charge in [-0.3, -0.25) is 4.79 Å². The van der Waals surface area contributed by atoms with E-state index in [0.717, 1.165) is 37.2 Å². The number of carbonyl (C=O) groups is 1. The molecule has 0 spiro atoms. The monoisotopic (exact) mass is 276 g/mol. The smallest absolute Gasteiger partial charge is 0.253 e. The highest BCUT2D eigenvalue weighted by Gasteiger charge is 2.24. The van der Waals surface area contributed by atoms with Crippen molar-refractivity contribution in [3.63, 3.8) is 0 Å². The summed E-state index contributed by atoms with van der Waals surface area (Å²) in [4.78, 5) is 14.6. The second-order valence-electron chi connectivity index (χ2n) is 5.45. The number of likely N-dealkylation sites (tertiary alicyclic amines) is 1. The molecule has 0 bridgehead atoms. The molecule has 1 aliphatic rings. The van der Waals surface area contributed by atoms with Crippen LogP contribution in [0.1, 0.15) is 28.8 Å². The van der Waals surface area contributed by atoms with Crippen LogP contribution in [0.5, 0.6) is 0 Å². The largest absolute Gasteiger partial charge is 0.380 e. The van der Waals surface area contributed by atoms with Gasteiger partial charge in [0.15, 0.2) is 0 Å². The minimum absolute atomic E-state index is 0.142. The van der Waals surface area contributed by atoms with Gasteiger partial charge in [0.1, 0.15) is 0 Å². The second kappa shape index (κ2) is 7.41.